The molecular formula is C16H26N2O2S. The lowest BCUT2D eigenvalue weighted by atomic mass is 10.2. The van der Waals surface area contributed by atoms with Crippen molar-refractivity contribution in [1.29, 1.82) is 0 Å². The number of hydrogen-bond acceptors (Lipinski definition) is 3. The summed E-state index contributed by atoms with van der Waals surface area (Å²) >= 11 is 0. The lowest BCUT2D eigenvalue weighted by Gasteiger charge is -2.34. The average molecular weight is 310 g/mol. The van der Waals surface area contributed by atoms with Crippen molar-refractivity contribution in [3.8, 4) is 0 Å². The van der Waals surface area contributed by atoms with Crippen molar-refractivity contribution in [3.63, 3.8) is 0 Å². The van der Waals surface area contributed by atoms with Gasteiger partial charge in [-0.15, -0.1) is 0 Å². The van der Waals surface area contributed by atoms with Crippen LogP contribution in [0.2, 0.25) is 0 Å². The van der Waals surface area contributed by atoms with Crippen molar-refractivity contribution in [2.24, 2.45) is 5.92 Å². The molecule has 0 radical (unpaired) electrons. The maximum Gasteiger partial charge on any atom is 0.214 e. The van der Waals surface area contributed by atoms with Crippen LogP contribution in [0.25, 0.3) is 0 Å². The Bertz CT molecular complexity index is 520. The van der Waals surface area contributed by atoms with Gasteiger partial charge in [-0.1, -0.05) is 44.2 Å². The van der Waals surface area contributed by atoms with Crippen LogP contribution < -0.4 is 0 Å². The van der Waals surface area contributed by atoms with Crippen molar-refractivity contribution >= 4 is 10.0 Å². The van der Waals surface area contributed by atoms with Crippen molar-refractivity contribution in [2.75, 3.05) is 38.5 Å². The van der Waals surface area contributed by atoms with E-state index in [-0.39, 0.29) is 5.75 Å². The normalized spacial score (nSPS) is 18.2. The van der Waals surface area contributed by atoms with Crippen LogP contribution >= 0.6 is 0 Å². The zero-order valence-electron chi connectivity index (χ0n) is 13.0. The highest BCUT2D eigenvalue weighted by Crippen LogP contribution is 2.11. The van der Waals surface area contributed by atoms with Gasteiger partial charge in [0.2, 0.25) is 10.0 Å². The maximum absolute atomic E-state index is 12.4. The molecule has 0 aromatic heterocycles. The Morgan fingerprint density at radius 1 is 1.05 bits per heavy atom. The van der Waals surface area contributed by atoms with E-state index in [1.165, 1.54) is 0 Å². The smallest absolute Gasteiger partial charge is 0.214 e. The van der Waals surface area contributed by atoms with Crippen molar-refractivity contribution in [3.05, 3.63) is 35.9 Å². The molecule has 5 heteroatoms. The topological polar surface area (TPSA) is 40.6 Å². The van der Waals surface area contributed by atoms with E-state index in [1.54, 1.807) is 4.31 Å². The molecule has 0 atom stereocenters. The SMILES string of the molecule is CC(C)CN1CCN(S(=O)(=O)CCc2ccccc2)CC1. The molecule has 1 aliphatic rings. The summed E-state index contributed by atoms with van der Waals surface area (Å²) < 4.78 is 26.4. The van der Waals surface area contributed by atoms with Gasteiger partial charge in [0.1, 0.15) is 0 Å². The Balaban J connectivity index is 1.84. The molecule has 0 N–H and O–H groups in total. The summed E-state index contributed by atoms with van der Waals surface area (Å²) in [4.78, 5) is 2.36. The lowest BCUT2D eigenvalue weighted by Crippen LogP contribution is -2.50. The summed E-state index contributed by atoms with van der Waals surface area (Å²) in [7, 11) is -3.13. The number of rotatable bonds is 6. The molecule has 0 bridgehead atoms. The van der Waals surface area contributed by atoms with Crippen molar-refractivity contribution < 1.29 is 8.42 Å². The molecule has 4 nitrogen and oxygen atoms in total. The van der Waals surface area contributed by atoms with Gasteiger partial charge in [-0.05, 0) is 17.9 Å². The molecule has 0 amide bonds. The summed E-state index contributed by atoms with van der Waals surface area (Å²) in [6.45, 7) is 8.41. The number of hydrogen-bond donors (Lipinski definition) is 0. The monoisotopic (exact) mass is 310 g/mol. The fourth-order valence-electron chi connectivity index (χ4n) is 2.73. The van der Waals surface area contributed by atoms with Crippen LogP contribution in [-0.2, 0) is 16.4 Å². The van der Waals surface area contributed by atoms with E-state index in [4.69, 9.17) is 0 Å². The third kappa shape index (κ3) is 5.09. The van der Waals surface area contributed by atoms with E-state index in [0.717, 1.165) is 25.2 Å². The van der Waals surface area contributed by atoms with Crippen LogP contribution in [0.5, 0.6) is 0 Å². The van der Waals surface area contributed by atoms with Gasteiger partial charge in [0.15, 0.2) is 0 Å². The fraction of sp³-hybridized carbons (Fsp3) is 0.625. The van der Waals surface area contributed by atoms with Crippen molar-refractivity contribution in [2.45, 2.75) is 20.3 Å². The summed E-state index contributed by atoms with van der Waals surface area (Å²) in [5, 5.41) is 0. The van der Waals surface area contributed by atoms with Gasteiger partial charge in [0.25, 0.3) is 0 Å². The Labute approximate surface area is 128 Å². The predicted molar refractivity (Wildman–Crippen MR) is 86.8 cm³/mol. The molecule has 1 heterocycles. The zero-order chi connectivity index (χ0) is 15.3. The molecule has 1 aliphatic heterocycles. The molecule has 2 rings (SSSR count). The van der Waals surface area contributed by atoms with Gasteiger partial charge in [-0.2, -0.15) is 4.31 Å². The molecular weight excluding hydrogens is 284 g/mol. The summed E-state index contributed by atoms with van der Waals surface area (Å²) in [5.74, 6) is 0.840. The molecule has 0 spiro atoms. The standard InChI is InChI=1S/C16H26N2O2S/c1-15(2)14-17-9-11-18(12-10-17)21(19,20)13-8-16-6-4-3-5-7-16/h3-7,15H,8-14H2,1-2H3. The third-order valence-corrected chi connectivity index (χ3v) is 5.71. The van der Waals surface area contributed by atoms with Crippen LogP contribution in [-0.4, -0.2) is 56.1 Å². The Morgan fingerprint density at radius 3 is 2.24 bits per heavy atom. The molecule has 0 saturated carbocycles. The predicted octanol–water partition coefficient (Wildman–Crippen LogP) is 1.83. The minimum Gasteiger partial charge on any atom is -0.300 e. The van der Waals surface area contributed by atoms with Gasteiger partial charge in [0, 0.05) is 32.7 Å². The molecule has 1 aromatic rings. The Morgan fingerprint density at radius 2 is 1.67 bits per heavy atom. The van der Waals surface area contributed by atoms with Gasteiger partial charge in [0.05, 0.1) is 5.75 Å². The quantitative estimate of drug-likeness (QED) is 0.805. The number of benzene rings is 1. The highest BCUT2D eigenvalue weighted by molar-refractivity contribution is 7.89. The minimum absolute atomic E-state index is 0.210. The summed E-state index contributed by atoms with van der Waals surface area (Å²) in [5.41, 5.74) is 1.08. The van der Waals surface area contributed by atoms with Gasteiger partial charge < -0.3 is 4.90 Å². The number of sulfonamides is 1. The van der Waals surface area contributed by atoms with E-state index in [1.807, 2.05) is 30.3 Å². The van der Waals surface area contributed by atoms with Gasteiger partial charge in [-0.3, -0.25) is 0 Å². The molecule has 1 fully saturated rings. The maximum atomic E-state index is 12.4. The number of nitrogens with zero attached hydrogens (tertiary/aromatic N) is 2. The van der Waals surface area contributed by atoms with Gasteiger partial charge >= 0.3 is 0 Å². The second-order valence-corrected chi connectivity index (χ2v) is 8.23. The first-order chi connectivity index (χ1) is 9.97. The van der Waals surface area contributed by atoms with Crippen LogP contribution in [0.3, 0.4) is 0 Å². The Kier molecular flexibility index (Phi) is 5.79. The molecule has 0 unspecified atom stereocenters. The van der Waals surface area contributed by atoms with Crippen molar-refractivity contribution in [1.82, 2.24) is 9.21 Å². The first-order valence-electron chi connectivity index (χ1n) is 7.71. The average Bonchev–Trinajstić information content (AvgIpc) is 2.46. The second kappa shape index (κ2) is 7.38. The van der Waals surface area contributed by atoms with Crippen LogP contribution in [0, 0.1) is 5.92 Å². The van der Waals surface area contributed by atoms with E-state index < -0.39 is 10.0 Å². The minimum atomic E-state index is -3.13. The third-order valence-electron chi connectivity index (χ3n) is 3.84. The van der Waals surface area contributed by atoms with E-state index in [9.17, 15) is 8.42 Å². The first-order valence-corrected chi connectivity index (χ1v) is 9.32. The Hall–Kier alpha value is -0.910. The largest absolute Gasteiger partial charge is 0.300 e. The fourth-order valence-corrected chi connectivity index (χ4v) is 4.20. The molecule has 0 aliphatic carbocycles. The lowest BCUT2D eigenvalue weighted by molar-refractivity contribution is 0.172. The molecule has 118 valence electrons. The molecule has 21 heavy (non-hydrogen) atoms. The van der Waals surface area contributed by atoms with Crippen LogP contribution in [0.4, 0.5) is 0 Å². The number of aryl methyl sites for hydroxylation is 1. The van der Waals surface area contributed by atoms with Crippen LogP contribution in [0.15, 0.2) is 30.3 Å². The van der Waals surface area contributed by atoms with E-state index in [2.05, 4.69) is 18.7 Å². The van der Waals surface area contributed by atoms with Crippen LogP contribution in [0.1, 0.15) is 19.4 Å². The summed E-state index contributed by atoms with van der Waals surface area (Å²) in [6, 6.07) is 9.82. The number of piperazine rings is 1. The molecule has 1 aromatic carbocycles. The first kappa shape index (κ1) is 16.5. The van der Waals surface area contributed by atoms with Gasteiger partial charge in [-0.25, -0.2) is 8.42 Å². The zero-order valence-corrected chi connectivity index (χ0v) is 13.8. The summed E-state index contributed by atoms with van der Waals surface area (Å²) in [6.07, 6.45) is 0.593. The molecule has 1 saturated heterocycles. The highest BCUT2D eigenvalue weighted by atomic mass is 32.2. The highest BCUT2D eigenvalue weighted by Gasteiger charge is 2.26. The second-order valence-electron chi connectivity index (χ2n) is 6.15. The van der Waals surface area contributed by atoms with E-state index >= 15 is 0 Å². The van der Waals surface area contributed by atoms with E-state index in [0.29, 0.717) is 25.4 Å².